The molecule has 0 unspecified atom stereocenters. The van der Waals surface area contributed by atoms with Crippen molar-refractivity contribution >= 4 is 27.5 Å². The largest absolute Gasteiger partial charge is 0.398 e. The Labute approximate surface area is 119 Å². The van der Waals surface area contributed by atoms with E-state index in [0.717, 1.165) is 6.07 Å². The molecule has 1 aliphatic rings. The Hall–Kier alpha value is -2.54. The number of ketones is 2. The van der Waals surface area contributed by atoms with Crippen molar-refractivity contribution < 1.29 is 21.9 Å². The van der Waals surface area contributed by atoms with E-state index in [4.69, 9.17) is 5.73 Å². The lowest BCUT2D eigenvalue weighted by Gasteiger charge is -2.19. The van der Waals surface area contributed by atoms with E-state index in [1.165, 1.54) is 30.3 Å². The predicted molar refractivity (Wildman–Crippen MR) is 72.5 cm³/mol. The van der Waals surface area contributed by atoms with Crippen LogP contribution in [-0.4, -0.2) is 20.0 Å². The van der Waals surface area contributed by atoms with E-state index in [0.29, 0.717) is 0 Å². The molecule has 0 saturated carbocycles. The van der Waals surface area contributed by atoms with E-state index in [-0.39, 0.29) is 22.4 Å². The predicted octanol–water partition coefficient (Wildman–Crippen LogP) is 1.70. The van der Waals surface area contributed by atoms with Crippen LogP contribution in [0.3, 0.4) is 0 Å². The van der Waals surface area contributed by atoms with Crippen molar-refractivity contribution in [2.24, 2.45) is 0 Å². The lowest BCUT2D eigenvalue weighted by molar-refractivity contribution is 0.0977. The van der Waals surface area contributed by atoms with Crippen molar-refractivity contribution in [2.75, 3.05) is 5.73 Å². The molecule has 21 heavy (non-hydrogen) atoms. The maximum atomic E-state index is 13.3. The van der Waals surface area contributed by atoms with Gasteiger partial charge in [-0.05, 0) is 12.1 Å². The molecule has 1 aliphatic carbocycles. The molecule has 0 heterocycles. The summed E-state index contributed by atoms with van der Waals surface area (Å²) >= 11 is 0. The van der Waals surface area contributed by atoms with E-state index in [1.54, 1.807) is 0 Å². The first-order valence-electron chi connectivity index (χ1n) is 5.88. The summed E-state index contributed by atoms with van der Waals surface area (Å²) in [5.41, 5.74) is 5.21. The summed E-state index contributed by atoms with van der Waals surface area (Å²) in [5, 5.41) is 0. The smallest absolute Gasteiger partial charge is 0.332 e. The zero-order chi connectivity index (χ0) is 15.4. The second-order valence-corrected chi connectivity index (χ2v) is 5.86. The Morgan fingerprint density at radius 3 is 2.00 bits per heavy atom. The quantitative estimate of drug-likeness (QED) is 0.545. The molecule has 0 fully saturated rings. The third kappa shape index (κ3) is 1.85. The first kappa shape index (κ1) is 13.4. The second kappa shape index (κ2) is 4.23. The minimum absolute atomic E-state index is 0.0170. The monoisotopic (exact) mass is 305 g/mol. The van der Waals surface area contributed by atoms with Gasteiger partial charge in [0.1, 0.15) is 4.90 Å². The zero-order valence-corrected chi connectivity index (χ0v) is 11.3. The van der Waals surface area contributed by atoms with Crippen LogP contribution in [0.25, 0.3) is 0 Å². The van der Waals surface area contributed by atoms with Crippen LogP contribution in [0.15, 0.2) is 41.3 Å². The molecule has 5 nitrogen and oxygen atoms in total. The summed E-state index contributed by atoms with van der Waals surface area (Å²) < 4.78 is 35.7. The van der Waals surface area contributed by atoms with Crippen molar-refractivity contribution in [3.63, 3.8) is 0 Å². The zero-order valence-electron chi connectivity index (χ0n) is 10.5. The molecule has 0 amide bonds. The molecule has 0 aromatic heterocycles. The molecule has 0 bridgehead atoms. The normalized spacial score (nSPS) is 13.8. The topological polar surface area (TPSA) is 94.3 Å². The highest BCUT2D eigenvalue weighted by atomic mass is 32.3. The van der Waals surface area contributed by atoms with Crippen LogP contribution >= 0.6 is 0 Å². The number of carbonyl (C=O) groups excluding carboxylic acids is 2. The number of nitrogens with two attached hydrogens (primary N) is 1. The Morgan fingerprint density at radius 2 is 1.38 bits per heavy atom. The summed E-state index contributed by atoms with van der Waals surface area (Å²) in [5.74, 6) is -1.33. The molecule has 3 rings (SSSR count). The Morgan fingerprint density at radius 1 is 0.857 bits per heavy atom. The van der Waals surface area contributed by atoms with Gasteiger partial charge in [0.05, 0.1) is 11.1 Å². The van der Waals surface area contributed by atoms with E-state index in [1.807, 2.05) is 0 Å². The van der Waals surface area contributed by atoms with Crippen LogP contribution in [-0.2, 0) is 10.2 Å². The number of hydrogen-bond donors (Lipinski definition) is 1. The van der Waals surface area contributed by atoms with Crippen molar-refractivity contribution in [3.8, 4) is 0 Å². The number of hydrogen-bond acceptors (Lipinski definition) is 5. The van der Waals surface area contributed by atoms with Crippen LogP contribution in [0.5, 0.6) is 0 Å². The van der Waals surface area contributed by atoms with Crippen LogP contribution in [0.1, 0.15) is 31.8 Å². The molecule has 7 heteroatoms. The SMILES string of the molecule is Nc1cccc2c1C(=O)c1cccc(S(=O)(=O)F)c1C2=O. The number of fused-ring (bicyclic) bond motifs is 2. The summed E-state index contributed by atoms with van der Waals surface area (Å²) in [4.78, 5) is 24.0. The summed E-state index contributed by atoms with van der Waals surface area (Å²) in [6.45, 7) is 0. The molecule has 106 valence electrons. The molecular formula is C14H8FNO4S. The molecular weight excluding hydrogens is 297 g/mol. The van der Waals surface area contributed by atoms with Gasteiger partial charge in [-0.1, -0.05) is 24.3 Å². The number of anilines is 1. The number of carbonyl (C=O) groups is 2. The fraction of sp³-hybridized carbons (Fsp3) is 0. The molecule has 0 spiro atoms. The summed E-state index contributed by atoms with van der Waals surface area (Å²) in [6, 6.07) is 7.73. The Bertz CT molecular complexity index is 919. The van der Waals surface area contributed by atoms with Gasteiger partial charge in [0.2, 0.25) is 0 Å². The van der Waals surface area contributed by atoms with Gasteiger partial charge in [-0.25, -0.2) is 0 Å². The lowest BCUT2D eigenvalue weighted by Crippen LogP contribution is -2.24. The van der Waals surface area contributed by atoms with Crippen molar-refractivity contribution in [1.29, 1.82) is 0 Å². The molecule has 0 atom stereocenters. The van der Waals surface area contributed by atoms with Gasteiger partial charge < -0.3 is 5.73 Å². The average Bonchev–Trinajstić information content (AvgIpc) is 2.43. The molecule has 0 radical (unpaired) electrons. The number of benzene rings is 2. The molecule has 0 aliphatic heterocycles. The minimum atomic E-state index is -5.12. The highest BCUT2D eigenvalue weighted by Crippen LogP contribution is 2.34. The highest BCUT2D eigenvalue weighted by Gasteiger charge is 2.35. The van der Waals surface area contributed by atoms with Crippen LogP contribution < -0.4 is 5.73 Å². The second-order valence-electron chi connectivity index (χ2n) is 4.54. The van der Waals surface area contributed by atoms with Crippen LogP contribution in [0, 0.1) is 0 Å². The Kier molecular flexibility index (Phi) is 2.70. The van der Waals surface area contributed by atoms with Crippen molar-refractivity contribution in [2.45, 2.75) is 4.90 Å². The fourth-order valence-electron chi connectivity index (χ4n) is 2.44. The van der Waals surface area contributed by atoms with E-state index in [9.17, 15) is 21.9 Å². The van der Waals surface area contributed by atoms with Crippen molar-refractivity contribution in [1.82, 2.24) is 0 Å². The lowest BCUT2D eigenvalue weighted by atomic mass is 9.83. The summed E-state index contributed by atoms with van der Waals surface area (Å²) in [7, 11) is -5.12. The molecule has 2 N–H and O–H groups in total. The molecule has 0 saturated heterocycles. The first-order valence-corrected chi connectivity index (χ1v) is 7.26. The van der Waals surface area contributed by atoms with Gasteiger partial charge in [0, 0.05) is 16.8 Å². The maximum Gasteiger partial charge on any atom is 0.332 e. The third-order valence-corrected chi connectivity index (χ3v) is 4.19. The van der Waals surface area contributed by atoms with Gasteiger partial charge >= 0.3 is 10.2 Å². The highest BCUT2D eigenvalue weighted by molar-refractivity contribution is 7.86. The van der Waals surface area contributed by atoms with Gasteiger partial charge in [0.15, 0.2) is 11.6 Å². The van der Waals surface area contributed by atoms with Gasteiger partial charge in [-0.15, -0.1) is 3.89 Å². The van der Waals surface area contributed by atoms with Gasteiger partial charge in [-0.2, -0.15) is 8.42 Å². The Balaban J connectivity index is 2.42. The first-order chi connectivity index (χ1) is 9.82. The number of rotatable bonds is 1. The van der Waals surface area contributed by atoms with Crippen molar-refractivity contribution in [3.05, 3.63) is 58.7 Å². The van der Waals surface area contributed by atoms with E-state index >= 15 is 0 Å². The fourth-order valence-corrected chi connectivity index (χ4v) is 3.13. The third-order valence-electron chi connectivity index (χ3n) is 3.33. The maximum absolute atomic E-state index is 13.3. The van der Waals surface area contributed by atoms with E-state index < -0.39 is 32.2 Å². The number of nitrogen functional groups attached to an aromatic ring is 1. The van der Waals surface area contributed by atoms with Gasteiger partial charge in [-0.3, -0.25) is 9.59 Å². The standard InChI is InChI=1S/C14H8FNO4S/c15-21(19,20)10-6-2-4-8-12(10)14(18)7-3-1-5-9(16)11(7)13(8)17/h1-6H,16H2. The summed E-state index contributed by atoms with van der Waals surface area (Å²) in [6.07, 6.45) is 0. The minimum Gasteiger partial charge on any atom is -0.398 e. The molecule has 2 aromatic rings. The average molecular weight is 305 g/mol. The van der Waals surface area contributed by atoms with Crippen LogP contribution in [0.2, 0.25) is 0 Å². The van der Waals surface area contributed by atoms with Crippen LogP contribution in [0.4, 0.5) is 9.57 Å². The van der Waals surface area contributed by atoms with Gasteiger partial charge in [0.25, 0.3) is 0 Å². The number of halogens is 1. The van der Waals surface area contributed by atoms with E-state index in [2.05, 4.69) is 0 Å². The molecule has 2 aromatic carbocycles.